The van der Waals surface area contributed by atoms with Gasteiger partial charge in [-0.25, -0.2) is 8.78 Å². The van der Waals surface area contributed by atoms with Crippen molar-refractivity contribution < 1.29 is 30.9 Å². The van der Waals surface area contributed by atoms with Gasteiger partial charge in [0.15, 0.2) is 11.6 Å². The maximum Gasteiger partial charge on any atom is 0.339 e. The molecule has 0 aliphatic heterocycles. The van der Waals surface area contributed by atoms with Crippen molar-refractivity contribution in [1.29, 1.82) is 0 Å². The highest BCUT2D eigenvalue weighted by atomic mass is 32.2. The first-order valence-corrected chi connectivity index (χ1v) is 12.0. The van der Waals surface area contributed by atoms with Crippen LogP contribution in [0.4, 0.5) is 8.78 Å². The molecule has 1 amide bonds. The summed E-state index contributed by atoms with van der Waals surface area (Å²) in [6.07, 6.45) is 0.590. The summed E-state index contributed by atoms with van der Waals surface area (Å²) in [6, 6.07) is 14.9. The van der Waals surface area contributed by atoms with Crippen LogP contribution in [-0.2, 0) is 16.7 Å². The zero-order valence-electron chi connectivity index (χ0n) is 19.0. The molecular weight excluding hydrogens is 464 g/mol. The minimum atomic E-state index is -4.38. The van der Waals surface area contributed by atoms with E-state index in [4.69, 9.17) is 8.92 Å². The van der Waals surface area contributed by atoms with Gasteiger partial charge < -0.3 is 13.8 Å². The zero-order valence-corrected chi connectivity index (χ0v) is 19.8. The van der Waals surface area contributed by atoms with E-state index in [0.29, 0.717) is 12.0 Å². The summed E-state index contributed by atoms with van der Waals surface area (Å²) in [5, 5.41) is 0. The molecule has 0 aromatic heterocycles. The van der Waals surface area contributed by atoms with Crippen molar-refractivity contribution in [3.63, 3.8) is 0 Å². The van der Waals surface area contributed by atoms with Crippen molar-refractivity contribution in [2.75, 3.05) is 7.11 Å². The van der Waals surface area contributed by atoms with E-state index in [9.17, 15) is 22.0 Å². The number of methoxy groups -OCH3 is 1. The third kappa shape index (κ3) is 5.53. The van der Waals surface area contributed by atoms with Gasteiger partial charge in [0.2, 0.25) is 0 Å². The standard InChI is InChI=1S/C25H25F2NO5S/c1-4-17(2)28(25(29)20-10-6-7-11-21(20)26)16-18-9-5-8-12-23(18)33-34(30,31)19-13-14-24(32-3)22(27)15-19/h5-15,17H,4,16H2,1-3H3/t17-/m1/s1. The molecule has 0 unspecified atom stereocenters. The summed E-state index contributed by atoms with van der Waals surface area (Å²) in [4.78, 5) is 14.2. The molecule has 0 saturated heterocycles. The number of carbonyl (C=O) groups is 1. The summed E-state index contributed by atoms with van der Waals surface area (Å²) in [5.41, 5.74) is 0.313. The third-order valence-corrected chi connectivity index (χ3v) is 6.64. The van der Waals surface area contributed by atoms with Gasteiger partial charge in [-0.2, -0.15) is 8.42 Å². The number of nitrogens with zero attached hydrogens (tertiary/aromatic N) is 1. The van der Waals surface area contributed by atoms with Crippen LogP contribution in [0.5, 0.6) is 11.5 Å². The summed E-state index contributed by atoms with van der Waals surface area (Å²) < 4.78 is 64.1. The molecule has 0 aliphatic carbocycles. The number of para-hydroxylation sites is 1. The van der Waals surface area contributed by atoms with Crippen molar-refractivity contribution in [3.05, 3.63) is 89.5 Å². The summed E-state index contributed by atoms with van der Waals surface area (Å²) in [5.74, 6) is -2.14. The average Bonchev–Trinajstić information content (AvgIpc) is 2.82. The van der Waals surface area contributed by atoms with Gasteiger partial charge in [0.25, 0.3) is 5.91 Å². The van der Waals surface area contributed by atoms with Crippen molar-refractivity contribution in [2.45, 2.75) is 37.8 Å². The van der Waals surface area contributed by atoms with E-state index in [1.807, 2.05) is 13.8 Å². The Morgan fingerprint density at radius 1 is 0.971 bits per heavy atom. The van der Waals surface area contributed by atoms with Crippen LogP contribution in [0.15, 0.2) is 71.6 Å². The van der Waals surface area contributed by atoms with Crippen molar-refractivity contribution >= 4 is 16.0 Å². The molecule has 6 nitrogen and oxygen atoms in total. The Kier molecular flexibility index (Phi) is 7.88. The Balaban J connectivity index is 1.93. The molecule has 34 heavy (non-hydrogen) atoms. The normalized spacial score (nSPS) is 12.1. The summed E-state index contributed by atoms with van der Waals surface area (Å²) >= 11 is 0. The molecule has 0 spiro atoms. The lowest BCUT2D eigenvalue weighted by molar-refractivity contribution is 0.0666. The smallest absolute Gasteiger partial charge is 0.339 e. The maximum atomic E-state index is 14.3. The fraction of sp³-hybridized carbons (Fsp3) is 0.240. The molecule has 9 heteroatoms. The van der Waals surface area contributed by atoms with E-state index in [0.717, 1.165) is 6.07 Å². The monoisotopic (exact) mass is 489 g/mol. The number of carbonyl (C=O) groups excluding carboxylic acids is 1. The van der Waals surface area contributed by atoms with E-state index in [1.165, 1.54) is 48.4 Å². The van der Waals surface area contributed by atoms with Gasteiger partial charge >= 0.3 is 10.1 Å². The van der Waals surface area contributed by atoms with Gasteiger partial charge in [-0.15, -0.1) is 0 Å². The fourth-order valence-corrected chi connectivity index (χ4v) is 4.28. The second-order valence-corrected chi connectivity index (χ2v) is 9.16. The number of ether oxygens (including phenoxy) is 1. The molecule has 0 heterocycles. The Hall–Kier alpha value is -3.46. The van der Waals surface area contributed by atoms with Gasteiger partial charge in [-0.1, -0.05) is 37.3 Å². The summed E-state index contributed by atoms with van der Waals surface area (Å²) in [7, 11) is -3.11. The van der Waals surface area contributed by atoms with Crippen LogP contribution in [0, 0.1) is 11.6 Å². The molecule has 0 bridgehead atoms. The van der Waals surface area contributed by atoms with Gasteiger partial charge in [-0.3, -0.25) is 4.79 Å². The predicted molar refractivity (Wildman–Crippen MR) is 123 cm³/mol. The van der Waals surface area contributed by atoms with Crippen LogP contribution in [0.25, 0.3) is 0 Å². The topological polar surface area (TPSA) is 72.9 Å². The minimum absolute atomic E-state index is 0.0200. The summed E-state index contributed by atoms with van der Waals surface area (Å²) in [6.45, 7) is 3.68. The second-order valence-electron chi connectivity index (χ2n) is 7.61. The molecule has 1 atom stereocenters. The Bertz CT molecular complexity index is 1280. The lowest BCUT2D eigenvalue weighted by atomic mass is 10.1. The first-order chi connectivity index (χ1) is 16.2. The molecule has 180 valence electrons. The molecular formula is C25H25F2NO5S. The molecule has 0 N–H and O–H groups in total. The molecule has 0 aliphatic rings. The molecule has 0 radical (unpaired) electrons. The van der Waals surface area contributed by atoms with Gasteiger partial charge in [0.05, 0.1) is 12.7 Å². The predicted octanol–water partition coefficient (Wildman–Crippen LogP) is 5.18. The van der Waals surface area contributed by atoms with E-state index in [-0.39, 0.29) is 34.5 Å². The maximum absolute atomic E-state index is 14.3. The number of halogens is 2. The number of rotatable bonds is 9. The van der Waals surface area contributed by atoms with Crippen LogP contribution >= 0.6 is 0 Å². The fourth-order valence-electron chi connectivity index (χ4n) is 3.31. The number of hydrogen-bond acceptors (Lipinski definition) is 5. The highest BCUT2D eigenvalue weighted by Gasteiger charge is 2.26. The number of amides is 1. The van der Waals surface area contributed by atoms with Crippen LogP contribution < -0.4 is 8.92 Å². The van der Waals surface area contributed by atoms with E-state index >= 15 is 0 Å². The number of hydrogen-bond donors (Lipinski definition) is 0. The highest BCUT2D eigenvalue weighted by molar-refractivity contribution is 7.87. The van der Waals surface area contributed by atoms with E-state index in [1.54, 1.807) is 24.3 Å². The zero-order chi connectivity index (χ0) is 24.9. The van der Waals surface area contributed by atoms with Crippen LogP contribution in [0.2, 0.25) is 0 Å². The Morgan fingerprint density at radius 2 is 1.65 bits per heavy atom. The third-order valence-electron chi connectivity index (χ3n) is 5.41. The number of benzene rings is 3. The average molecular weight is 490 g/mol. The SMILES string of the molecule is CC[C@@H](C)N(Cc1ccccc1OS(=O)(=O)c1ccc(OC)c(F)c1)C(=O)c1ccccc1F. The van der Waals surface area contributed by atoms with Crippen molar-refractivity contribution in [2.24, 2.45) is 0 Å². The van der Waals surface area contributed by atoms with E-state index in [2.05, 4.69) is 0 Å². The van der Waals surface area contributed by atoms with Crippen LogP contribution in [0.3, 0.4) is 0 Å². The largest absolute Gasteiger partial charge is 0.494 e. The van der Waals surface area contributed by atoms with Crippen LogP contribution in [-0.4, -0.2) is 32.4 Å². The molecule has 3 aromatic rings. The lowest BCUT2D eigenvalue weighted by Gasteiger charge is -2.29. The first kappa shape index (κ1) is 25.2. The molecule has 3 aromatic carbocycles. The van der Waals surface area contributed by atoms with Crippen molar-refractivity contribution in [1.82, 2.24) is 4.90 Å². The first-order valence-electron chi connectivity index (χ1n) is 10.6. The van der Waals surface area contributed by atoms with E-state index < -0.39 is 27.7 Å². The highest BCUT2D eigenvalue weighted by Crippen LogP contribution is 2.28. The quantitative estimate of drug-likeness (QED) is 0.387. The Labute approximate surface area is 197 Å². The minimum Gasteiger partial charge on any atom is -0.494 e. The lowest BCUT2D eigenvalue weighted by Crippen LogP contribution is -2.38. The van der Waals surface area contributed by atoms with Crippen molar-refractivity contribution in [3.8, 4) is 11.5 Å². The van der Waals surface area contributed by atoms with Gasteiger partial charge in [-0.05, 0) is 49.7 Å². The van der Waals surface area contributed by atoms with Gasteiger partial charge in [0, 0.05) is 18.2 Å². The second kappa shape index (κ2) is 10.6. The molecule has 0 fully saturated rings. The van der Waals surface area contributed by atoms with Crippen LogP contribution in [0.1, 0.15) is 36.2 Å². The van der Waals surface area contributed by atoms with Gasteiger partial charge in [0.1, 0.15) is 16.5 Å². The Morgan fingerprint density at radius 3 is 2.29 bits per heavy atom. The molecule has 3 rings (SSSR count). The molecule has 0 saturated carbocycles.